The molecule has 0 unspecified atom stereocenters. The molecule has 2 N–H and O–H groups in total. The standard InChI is InChI=1S/C14H15BrFN3O2/c15-11-3-2-10(12(16)8-11)9-18-7-4-13(20)19(14(18)21)6-1-5-17/h2-4,7-8H,1,5-6,9,17H2. The summed E-state index contributed by atoms with van der Waals surface area (Å²) in [4.78, 5) is 23.9. The molecule has 1 heterocycles. The molecule has 0 aliphatic heterocycles. The first-order valence-electron chi connectivity index (χ1n) is 6.47. The Hall–Kier alpha value is -1.73. The monoisotopic (exact) mass is 355 g/mol. The number of aromatic nitrogens is 2. The fourth-order valence-electron chi connectivity index (χ4n) is 1.97. The molecule has 2 rings (SSSR count). The minimum atomic E-state index is -0.460. The van der Waals surface area contributed by atoms with Crippen molar-refractivity contribution in [2.45, 2.75) is 19.5 Å². The third kappa shape index (κ3) is 3.68. The fourth-order valence-corrected chi connectivity index (χ4v) is 2.30. The first-order chi connectivity index (χ1) is 10.0. The second-order valence-electron chi connectivity index (χ2n) is 4.59. The predicted molar refractivity (Wildman–Crippen MR) is 81.8 cm³/mol. The summed E-state index contributed by atoms with van der Waals surface area (Å²) in [6, 6.07) is 5.94. The number of hydrogen-bond acceptors (Lipinski definition) is 3. The highest BCUT2D eigenvalue weighted by Gasteiger charge is 2.08. The van der Waals surface area contributed by atoms with Crippen LogP contribution in [0.4, 0.5) is 4.39 Å². The number of hydrogen-bond donors (Lipinski definition) is 1. The van der Waals surface area contributed by atoms with Gasteiger partial charge in [0.1, 0.15) is 5.82 Å². The van der Waals surface area contributed by atoms with Crippen LogP contribution >= 0.6 is 15.9 Å². The van der Waals surface area contributed by atoms with Gasteiger partial charge in [-0.2, -0.15) is 0 Å². The van der Waals surface area contributed by atoms with Crippen LogP contribution in [-0.4, -0.2) is 15.7 Å². The van der Waals surface area contributed by atoms with Gasteiger partial charge >= 0.3 is 5.69 Å². The van der Waals surface area contributed by atoms with Crippen LogP contribution in [0.3, 0.4) is 0 Å². The molecular formula is C14H15BrFN3O2. The SMILES string of the molecule is NCCCn1c(=O)ccn(Cc2ccc(Br)cc2F)c1=O. The first kappa shape index (κ1) is 15.7. The first-order valence-corrected chi connectivity index (χ1v) is 7.26. The molecule has 0 aliphatic carbocycles. The van der Waals surface area contributed by atoms with E-state index in [1.807, 2.05) is 0 Å². The minimum Gasteiger partial charge on any atom is -0.330 e. The quantitative estimate of drug-likeness (QED) is 0.878. The van der Waals surface area contributed by atoms with Crippen molar-refractivity contribution in [3.05, 3.63) is 67.2 Å². The van der Waals surface area contributed by atoms with E-state index in [2.05, 4.69) is 15.9 Å². The largest absolute Gasteiger partial charge is 0.331 e. The zero-order chi connectivity index (χ0) is 15.4. The van der Waals surface area contributed by atoms with Crippen LogP contribution in [0.1, 0.15) is 12.0 Å². The molecule has 2 aromatic rings. The Morgan fingerprint density at radius 3 is 2.67 bits per heavy atom. The van der Waals surface area contributed by atoms with Crippen LogP contribution < -0.4 is 17.0 Å². The molecule has 1 aromatic heterocycles. The molecule has 0 aliphatic rings. The Labute approximate surface area is 129 Å². The van der Waals surface area contributed by atoms with Gasteiger partial charge in [-0.05, 0) is 25.1 Å². The number of benzene rings is 1. The Bertz CT molecular complexity index is 755. The summed E-state index contributed by atoms with van der Waals surface area (Å²) >= 11 is 3.18. The Balaban J connectivity index is 2.36. The summed E-state index contributed by atoms with van der Waals surface area (Å²) in [6.45, 7) is 0.723. The number of rotatable bonds is 5. The van der Waals surface area contributed by atoms with Gasteiger partial charge in [-0.15, -0.1) is 0 Å². The molecule has 0 bridgehead atoms. The lowest BCUT2D eigenvalue weighted by Gasteiger charge is -2.10. The van der Waals surface area contributed by atoms with Crippen molar-refractivity contribution in [3.63, 3.8) is 0 Å². The lowest BCUT2D eigenvalue weighted by atomic mass is 10.2. The molecule has 1 aromatic carbocycles. The van der Waals surface area contributed by atoms with Crippen LogP contribution in [0.5, 0.6) is 0 Å². The van der Waals surface area contributed by atoms with Crippen molar-refractivity contribution in [1.82, 2.24) is 9.13 Å². The zero-order valence-corrected chi connectivity index (χ0v) is 12.8. The summed E-state index contributed by atoms with van der Waals surface area (Å²) in [5.74, 6) is -0.406. The van der Waals surface area contributed by atoms with E-state index in [0.717, 1.165) is 4.57 Å². The third-order valence-electron chi connectivity index (χ3n) is 3.08. The normalized spacial score (nSPS) is 10.8. The lowest BCUT2D eigenvalue weighted by Crippen LogP contribution is -2.39. The van der Waals surface area contributed by atoms with Crippen LogP contribution in [0.25, 0.3) is 0 Å². The van der Waals surface area contributed by atoms with Crippen LogP contribution in [0.15, 0.2) is 44.5 Å². The van der Waals surface area contributed by atoms with Crippen LogP contribution in [-0.2, 0) is 13.1 Å². The summed E-state index contributed by atoms with van der Waals surface area (Å²) in [6.07, 6.45) is 1.91. The van der Waals surface area contributed by atoms with Gasteiger partial charge in [0.15, 0.2) is 0 Å². The maximum atomic E-state index is 13.8. The second-order valence-corrected chi connectivity index (χ2v) is 5.51. The van der Waals surface area contributed by atoms with E-state index < -0.39 is 11.5 Å². The van der Waals surface area contributed by atoms with Gasteiger partial charge in [0.25, 0.3) is 5.56 Å². The molecule has 0 amide bonds. The maximum Gasteiger partial charge on any atom is 0.331 e. The van der Waals surface area contributed by atoms with E-state index in [1.165, 1.54) is 22.9 Å². The topological polar surface area (TPSA) is 70.0 Å². The Morgan fingerprint density at radius 1 is 1.24 bits per heavy atom. The van der Waals surface area contributed by atoms with Gasteiger partial charge in [-0.25, -0.2) is 9.18 Å². The average molecular weight is 356 g/mol. The third-order valence-corrected chi connectivity index (χ3v) is 3.57. The molecule has 0 spiro atoms. The van der Waals surface area contributed by atoms with Crippen LogP contribution in [0, 0.1) is 5.82 Å². The van der Waals surface area contributed by atoms with Crippen molar-refractivity contribution in [1.29, 1.82) is 0 Å². The summed E-state index contributed by atoms with van der Waals surface area (Å²) in [5.41, 5.74) is 4.94. The highest BCUT2D eigenvalue weighted by atomic mass is 79.9. The van der Waals surface area contributed by atoms with Gasteiger partial charge in [-0.1, -0.05) is 22.0 Å². The van der Waals surface area contributed by atoms with Crippen molar-refractivity contribution < 1.29 is 4.39 Å². The summed E-state index contributed by atoms with van der Waals surface area (Å²) < 4.78 is 16.9. The van der Waals surface area contributed by atoms with E-state index in [0.29, 0.717) is 23.0 Å². The van der Waals surface area contributed by atoms with Crippen molar-refractivity contribution in [2.75, 3.05) is 6.54 Å². The molecule has 112 valence electrons. The van der Waals surface area contributed by atoms with E-state index in [9.17, 15) is 14.0 Å². The van der Waals surface area contributed by atoms with E-state index in [4.69, 9.17) is 5.73 Å². The molecule has 0 atom stereocenters. The minimum absolute atomic E-state index is 0.0703. The van der Waals surface area contributed by atoms with Crippen LogP contribution in [0.2, 0.25) is 0 Å². The van der Waals surface area contributed by atoms with Crippen molar-refractivity contribution in [2.24, 2.45) is 5.73 Å². The zero-order valence-electron chi connectivity index (χ0n) is 11.3. The van der Waals surface area contributed by atoms with E-state index in [-0.39, 0.29) is 18.6 Å². The van der Waals surface area contributed by atoms with E-state index >= 15 is 0 Å². The highest BCUT2D eigenvalue weighted by Crippen LogP contribution is 2.15. The van der Waals surface area contributed by atoms with Gasteiger partial charge in [0.05, 0.1) is 6.54 Å². The molecule has 7 heteroatoms. The Morgan fingerprint density at radius 2 is 2.00 bits per heavy atom. The molecular weight excluding hydrogens is 341 g/mol. The maximum absolute atomic E-state index is 13.8. The summed E-state index contributed by atoms with van der Waals surface area (Å²) in [7, 11) is 0. The Kier molecular flexibility index (Phi) is 5.08. The van der Waals surface area contributed by atoms with Crippen molar-refractivity contribution >= 4 is 15.9 Å². The highest BCUT2D eigenvalue weighted by molar-refractivity contribution is 9.10. The smallest absolute Gasteiger partial charge is 0.330 e. The lowest BCUT2D eigenvalue weighted by molar-refractivity contribution is 0.542. The van der Waals surface area contributed by atoms with Gasteiger partial charge < -0.3 is 5.73 Å². The molecule has 21 heavy (non-hydrogen) atoms. The second kappa shape index (κ2) is 6.82. The number of nitrogens with two attached hydrogens (primary N) is 1. The average Bonchev–Trinajstić information content (AvgIpc) is 2.44. The fraction of sp³-hybridized carbons (Fsp3) is 0.286. The predicted octanol–water partition coefficient (Wildman–Crippen LogP) is 1.31. The van der Waals surface area contributed by atoms with Gasteiger partial charge in [0.2, 0.25) is 0 Å². The van der Waals surface area contributed by atoms with Gasteiger partial charge in [-0.3, -0.25) is 13.9 Å². The van der Waals surface area contributed by atoms with E-state index in [1.54, 1.807) is 12.1 Å². The summed E-state index contributed by atoms with van der Waals surface area (Å²) in [5, 5.41) is 0. The molecule has 0 saturated carbocycles. The molecule has 5 nitrogen and oxygen atoms in total. The molecule has 0 saturated heterocycles. The van der Waals surface area contributed by atoms with Crippen molar-refractivity contribution in [3.8, 4) is 0 Å². The van der Waals surface area contributed by atoms with Gasteiger partial charge in [0, 0.05) is 28.8 Å². The molecule has 0 radical (unpaired) electrons. The molecule has 0 fully saturated rings. The number of halogens is 2. The number of nitrogens with zero attached hydrogens (tertiary/aromatic N) is 2.